The lowest BCUT2D eigenvalue weighted by atomic mass is 9.95. The number of fused-ring (bicyclic) bond motifs is 1. The molecule has 0 bridgehead atoms. The molecule has 1 saturated heterocycles. The van der Waals surface area contributed by atoms with Crippen molar-refractivity contribution in [3.8, 4) is 0 Å². The highest BCUT2D eigenvalue weighted by Gasteiger charge is 2.50. The third-order valence-electron chi connectivity index (χ3n) is 3.04. The van der Waals surface area contributed by atoms with E-state index in [0.717, 1.165) is 6.54 Å². The van der Waals surface area contributed by atoms with E-state index in [1.54, 1.807) is 0 Å². The Morgan fingerprint density at radius 1 is 1.36 bits per heavy atom. The fraction of sp³-hybridized carbons (Fsp3) is 1.00. The predicted octanol–water partition coefficient (Wildman–Crippen LogP) is 1.64. The van der Waals surface area contributed by atoms with Gasteiger partial charge in [-0.1, -0.05) is 0 Å². The van der Waals surface area contributed by atoms with Crippen LogP contribution < -0.4 is 5.32 Å². The van der Waals surface area contributed by atoms with Crippen LogP contribution in [0.25, 0.3) is 0 Å². The Balaban J connectivity index is 2.10. The van der Waals surface area contributed by atoms with E-state index in [-0.39, 0.29) is 24.7 Å². The minimum atomic E-state index is -2.37. The zero-order valence-electron chi connectivity index (χ0n) is 6.61. The fourth-order valence-corrected chi connectivity index (χ4v) is 2.43. The molecule has 0 spiro atoms. The molecule has 0 radical (unpaired) electrons. The van der Waals surface area contributed by atoms with E-state index in [4.69, 9.17) is 0 Å². The molecule has 3 heteroatoms. The SMILES string of the molecule is C[C@@H]1NC[C@@H]2CC(F)(F)C[C@@H]21. The second-order valence-corrected chi connectivity index (χ2v) is 3.89. The Hall–Kier alpha value is -0.180. The number of hydrogen-bond acceptors (Lipinski definition) is 1. The van der Waals surface area contributed by atoms with Crippen molar-refractivity contribution in [3.63, 3.8) is 0 Å². The van der Waals surface area contributed by atoms with Crippen LogP contribution in [0.5, 0.6) is 0 Å². The quantitative estimate of drug-likeness (QED) is 0.569. The predicted molar refractivity (Wildman–Crippen MR) is 38.6 cm³/mol. The van der Waals surface area contributed by atoms with Crippen LogP contribution in [0.3, 0.4) is 0 Å². The molecular formula is C8H13F2N. The monoisotopic (exact) mass is 161 g/mol. The summed E-state index contributed by atoms with van der Waals surface area (Å²) in [7, 11) is 0. The van der Waals surface area contributed by atoms with Gasteiger partial charge in [0.15, 0.2) is 0 Å². The first kappa shape index (κ1) is 7.47. The molecule has 64 valence electrons. The molecule has 0 unspecified atom stereocenters. The van der Waals surface area contributed by atoms with E-state index in [9.17, 15) is 8.78 Å². The molecule has 2 rings (SSSR count). The molecule has 1 aliphatic heterocycles. The van der Waals surface area contributed by atoms with Gasteiger partial charge in [-0.25, -0.2) is 8.78 Å². The first-order valence-corrected chi connectivity index (χ1v) is 4.20. The summed E-state index contributed by atoms with van der Waals surface area (Å²) >= 11 is 0. The van der Waals surface area contributed by atoms with Gasteiger partial charge >= 0.3 is 0 Å². The van der Waals surface area contributed by atoms with E-state index in [1.165, 1.54) is 0 Å². The molecule has 1 nitrogen and oxygen atoms in total. The van der Waals surface area contributed by atoms with Crippen LogP contribution in [0.4, 0.5) is 8.78 Å². The molecule has 0 aromatic carbocycles. The summed E-state index contributed by atoms with van der Waals surface area (Å²) in [5.41, 5.74) is 0. The van der Waals surface area contributed by atoms with E-state index in [1.807, 2.05) is 6.92 Å². The maximum Gasteiger partial charge on any atom is 0.248 e. The molecule has 1 N–H and O–H groups in total. The van der Waals surface area contributed by atoms with E-state index >= 15 is 0 Å². The van der Waals surface area contributed by atoms with Gasteiger partial charge < -0.3 is 5.32 Å². The summed E-state index contributed by atoms with van der Waals surface area (Å²) in [6, 6.07) is 0.299. The third-order valence-corrected chi connectivity index (χ3v) is 3.04. The second-order valence-electron chi connectivity index (χ2n) is 3.89. The van der Waals surface area contributed by atoms with Gasteiger partial charge in [-0.15, -0.1) is 0 Å². The summed E-state index contributed by atoms with van der Waals surface area (Å²) in [6.07, 6.45) is 0.209. The Morgan fingerprint density at radius 2 is 2.09 bits per heavy atom. The number of alkyl halides is 2. The van der Waals surface area contributed by atoms with Gasteiger partial charge in [-0.3, -0.25) is 0 Å². The maximum absolute atomic E-state index is 12.8. The highest BCUT2D eigenvalue weighted by Crippen LogP contribution is 2.46. The smallest absolute Gasteiger partial charge is 0.248 e. The van der Waals surface area contributed by atoms with Crippen molar-refractivity contribution in [2.75, 3.05) is 6.54 Å². The van der Waals surface area contributed by atoms with Gasteiger partial charge in [0.2, 0.25) is 5.92 Å². The summed E-state index contributed by atoms with van der Waals surface area (Å²) in [4.78, 5) is 0. The topological polar surface area (TPSA) is 12.0 Å². The third kappa shape index (κ3) is 1.15. The van der Waals surface area contributed by atoms with Crippen molar-refractivity contribution in [1.82, 2.24) is 5.32 Å². The molecule has 0 aromatic rings. The minimum absolute atomic E-state index is 0.103. The van der Waals surface area contributed by atoms with Crippen LogP contribution in [-0.2, 0) is 0 Å². The van der Waals surface area contributed by atoms with Crippen LogP contribution in [0.15, 0.2) is 0 Å². The van der Waals surface area contributed by atoms with Crippen molar-refractivity contribution < 1.29 is 8.78 Å². The van der Waals surface area contributed by atoms with Crippen molar-refractivity contribution in [1.29, 1.82) is 0 Å². The molecule has 0 amide bonds. The van der Waals surface area contributed by atoms with Crippen LogP contribution in [-0.4, -0.2) is 18.5 Å². The van der Waals surface area contributed by atoms with Crippen LogP contribution in [0.2, 0.25) is 0 Å². The van der Waals surface area contributed by atoms with Gasteiger partial charge in [-0.2, -0.15) is 0 Å². The number of nitrogens with one attached hydrogen (secondary N) is 1. The highest BCUT2D eigenvalue weighted by atomic mass is 19.3. The summed E-state index contributed by atoms with van der Waals surface area (Å²) in [5.74, 6) is -1.91. The van der Waals surface area contributed by atoms with Gasteiger partial charge in [0, 0.05) is 18.9 Å². The average molecular weight is 161 g/mol. The molecule has 0 aromatic heterocycles. The Labute approximate surface area is 65.2 Å². The summed E-state index contributed by atoms with van der Waals surface area (Å²) in [5, 5.41) is 3.23. The average Bonchev–Trinajstić information content (AvgIpc) is 2.31. The van der Waals surface area contributed by atoms with Crippen LogP contribution >= 0.6 is 0 Å². The largest absolute Gasteiger partial charge is 0.314 e. The molecule has 2 aliphatic rings. The number of rotatable bonds is 0. The summed E-state index contributed by atoms with van der Waals surface area (Å²) < 4.78 is 25.6. The molecule has 3 atom stereocenters. The van der Waals surface area contributed by atoms with Gasteiger partial charge in [-0.05, 0) is 25.3 Å². The lowest BCUT2D eigenvalue weighted by Gasteiger charge is -2.13. The van der Waals surface area contributed by atoms with Crippen LogP contribution in [0.1, 0.15) is 19.8 Å². The highest BCUT2D eigenvalue weighted by molar-refractivity contribution is 4.98. The first-order valence-electron chi connectivity index (χ1n) is 4.20. The van der Waals surface area contributed by atoms with Crippen molar-refractivity contribution in [3.05, 3.63) is 0 Å². The van der Waals surface area contributed by atoms with Gasteiger partial charge in [0.25, 0.3) is 0 Å². The molecule has 2 fully saturated rings. The standard InChI is InChI=1S/C8H13F2N/c1-5-7-3-8(9,10)2-6(7)4-11-5/h5-7,11H,2-4H2,1H3/t5-,6-,7+/m0/s1. The Morgan fingerprint density at radius 3 is 2.73 bits per heavy atom. The number of hydrogen-bond donors (Lipinski definition) is 1. The number of halogens is 2. The lowest BCUT2D eigenvalue weighted by Crippen LogP contribution is -2.25. The van der Waals surface area contributed by atoms with Crippen LogP contribution in [0, 0.1) is 11.8 Å². The summed E-state index contributed by atoms with van der Waals surface area (Å²) in [6.45, 7) is 2.80. The Kier molecular flexibility index (Phi) is 1.46. The van der Waals surface area contributed by atoms with Crippen molar-refractivity contribution in [2.24, 2.45) is 11.8 Å². The van der Waals surface area contributed by atoms with Gasteiger partial charge in [0.05, 0.1) is 0 Å². The lowest BCUT2D eigenvalue weighted by molar-refractivity contribution is -0.000296. The fourth-order valence-electron chi connectivity index (χ4n) is 2.43. The van der Waals surface area contributed by atoms with Crippen molar-refractivity contribution >= 4 is 0 Å². The molecular weight excluding hydrogens is 148 g/mol. The molecule has 1 aliphatic carbocycles. The normalized spacial score (nSPS) is 47.7. The zero-order chi connectivity index (χ0) is 8.06. The van der Waals surface area contributed by atoms with E-state index in [2.05, 4.69) is 5.32 Å². The molecule has 1 heterocycles. The Bertz CT molecular complexity index is 169. The minimum Gasteiger partial charge on any atom is -0.314 e. The van der Waals surface area contributed by atoms with E-state index in [0.29, 0.717) is 6.04 Å². The van der Waals surface area contributed by atoms with E-state index < -0.39 is 5.92 Å². The van der Waals surface area contributed by atoms with Gasteiger partial charge in [0.1, 0.15) is 0 Å². The van der Waals surface area contributed by atoms with Crippen molar-refractivity contribution in [2.45, 2.75) is 31.7 Å². The maximum atomic E-state index is 12.8. The first-order chi connectivity index (χ1) is 5.08. The zero-order valence-corrected chi connectivity index (χ0v) is 6.61. The molecule has 1 saturated carbocycles. The molecule has 11 heavy (non-hydrogen) atoms. The second kappa shape index (κ2) is 2.16.